The number of β-amino-alcohol motifs (C(OH)–C–C–N with tert-alkyl or cyclic N) is 1. The molecule has 10 nitrogen and oxygen atoms in total. The molecule has 4 saturated heterocycles. The summed E-state index contributed by atoms with van der Waals surface area (Å²) < 4.78 is 51.0. The zero-order valence-electron chi connectivity index (χ0n) is 30.9. The van der Waals surface area contributed by atoms with Gasteiger partial charge in [-0.15, -0.1) is 6.42 Å². The summed E-state index contributed by atoms with van der Waals surface area (Å²) in [6.45, 7) is 4.07. The number of benzene rings is 2. The summed E-state index contributed by atoms with van der Waals surface area (Å²) in [6.07, 6.45) is 17.7. The molecule has 0 amide bonds. The molecular formula is C42H47F2N5O5. The summed E-state index contributed by atoms with van der Waals surface area (Å²) in [5.74, 6) is 1.13. The topological polar surface area (TPSA) is 113 Å². The van der Waals surface area contributed by atoms with Gasteiger partial charge in [0.25, 0.3) is 0 Å². The van der Waals surface area contributed by atoms with Gasteiger partial charge in [-0.25, -0.2) is 13.8 Å². The maximum Gasteiger partial charge on any atom is 0.319 e. The number of hydrogen-bond donors (Lipinski definition) is 2. The number of phenolic OH excluding ortho intramolecular Hbond substituents is 1. The van der Waals surface area contributed by atoms with Gasteiger partial charge in [0.1, 0.15) is 34.0 Å². The Morgan fingerprint density at radius 3 is 2.54 bits per heavy atom. The minimum Gasteiger partial charge on any atom is -0.508 e. The number of phenols is 1. The smallest absolute Gasteiger partial charge is 0.319 e. The highest BCUT2D eigenvalue weighted by Crippen LogP contribution is 2.51. The van der Waals surface area contributed by atoms with Gasteiger partial charge in [0.05, 0.1) is 37.1 Å². The molecule has 1 aliphatic carbocycles. The molecular weight excluding hydrogens is 692 g/mol. The zero-order valence-corrected chi connectivity index (χ0v) is 30.9. The lowest BCUT2D eigenvalue weighted by atomic mass is 9.74. The third-order valence-electron chi connectivity index (χ3n) is 12.9. The molecule has 6 heterocycles. The maximum atomic E-state index is 17.3. The lowest BCUT2D eigenvalue weighted by Crippen LogP contribution is -2.57. The molecule has 0 spiro atoms. The van der Waals surface area contributed by atoms with Gasteiger partial charge in [-0.1, -0.05) is 18.4 Å². The van der Waals surface area contributed by atoms with Crippen molar-refractivity contribution in [3.8, 4) is 41.2 Å². The lowest BCUT2D eigenvalue weighted by molar-refractivity contribution is -0.0798. The SMILES string of the molecule is C#Cc1c(F)ccc2cc(O)cc(-c3nc(OC)c4c(N5CCC[C@@](C)(O)C5)nc(OC[C@]56CCC[C@H]5N(C5CC7CCC(C5)O7)CCC6)nc4c3F)c12. The molecule has 4 aromatic rings. The number of fused-ring (bicyclic) bond motifs is 5. The van der Waals surface area contributed by atoms with Gasteiger partial charge in [0, 0.05) is 41.5 Å². The van der Waals surface area contributed by atoms with Crippen molar-refractivity contribution in [3.63, 3.8) is 0 Å². The van der Waals surface area contributed by atoms with Crippen LogP contribution >= 0.6 is 0 Å². The summed E-state index contributed by atoms with van der Waals surface area (Å²) in [4.78, 5) is 18.9. The number of hydrogen-bond acceptors (Lipinski definition) is 10. The minimum atomic E-state index is -1.00. The lowest BCUT2D eigenvalue weighted by Gasteiger charge is -2.50. The molecule has 9 rings (SSSR count). The molecule has 2 bridgehead atoms. The summed E-state index contributed by atoms with van der Waals surface area (Å²) >= 11 is 0. The Balaban J connectivity index is 1.15. The molecule has 2 aromatic heterocycles. The number of anilines is 1. The first-order chi connectivity index (χ1) is 26.1. The van der Waals surface area contributed by atoms with Gasteiger partial charge >= 0.3 is 6.01 Å². The van der Waals surface area contributed by atoms with Crippen LogP contribution in [0.5, 0.6) is 17.6 Å². The van der Waals surface area contributed by atoms with Crippen LogP contribution in [0.4, 0.5) is 14.6 Å². The Bertz CT molecular complexity index is 2160. The second kappa shape index (κ2) is 13.5. The van der Waals surface area contributed by atoms with E-state index < -0.39 is 17.2 Å². The number of rotatable bonds is 7. The molecule has 2 aromatic carbocycles. The number of nitrogens with zero attached hydrogens (tertiary/aromatic N) is 5. The molecule has 2 unspecified atom stereocenters. The predicted molar refractivity (Wildman–Crippen MR) is 201 cm³/mol. The molecule has 5 atom stereocenters. The van der Waals surface area contributed by atoms with E-state index >= 15 is 8.78 Å². The molecule has 284 valence electrons. The highest BCUT2D eigenvalue weighted by molar-refractivity contribution is 6.04. The Morgan fingerprint density at radius 1 is 1.00 bits per heavy atom. The fourth-order valence-electron chi connectivity index (χ4n) is 10.6. The van der Waals surface area contributed by atoms with Crippen molar-refractivity contribution in [1.82, 2.24) is 19.9 Å². The highest BCUT2D eigenvalue weighted by Gasteiger charge is 2.51. The molecule has 1 saturated carbocycles. The Hall–Kier alpha value is -4.31. The largest absolute Gasteiger partial charge is 0.508 e. The Morgan fingerprint density at radius 2 is 1.78 bits per heavy atom. The first kappa shape index (κ1) is 35.4. The average molecular weight is 740 g/mol. The van der Waals surface area contributed by atoms with Crippen molar-refractivity contribution in [2.75, 3.05) is 38.3 Å². The van der Waals surface area contributed by atoms with E-state index in [1.165, 1.54) is 31.4 Å². The van der Waals surface area contributed by atoms with Crippen LogP contribution in [-0.2, 0) is 4.74 Å². The van der Waals surface area contributed by atoms with Crippen LogP contribution in [0.25, 0.3) is 32.9 Å². The minimum absolute atomic E-state index is 0.0261. The van der Waals surface area contributed by atoms with Gasteiger partial charge in [-0.3, -0.25) is 4.90 Å². The fourth-order valence-corrected chi connectivity index (χ4v) is 10.6. The van der Waals surface area contributed by atoms with E-state index in [9.17, 15) is 10.2 Å². The number of methoxy groups -OCH3 is 1. The van der Waals surface area contributed by atoms with Crippen molar-refractivity contribution in [1.29, 1.82) is 0 Å². The fraction of sp³-hybridized carbons (Fsp3) is 0.548. The van der Waals surface area contributed by atoms with E-state index in [1.807, 2.05) is 4.90 Å². The van der Waals surface area contributed by atoms with E-state index in [2.05, 4.69) is 15.8 Å². The molecule has 54 heavy (non-hydrogen) atoms. The Labute approximate surface area is 313 Å². The predicted octanol–water partition coefficient (Wildman–Crippen LogP) is 6.89. The molecule has 5 fully saturated rings. The van der Waals surface area contributed by atoms with Crippen molar-refractivity contribution in [2.45, 2.75) is 107 Å². The van der Waals surface area contributed by atoms with Crippen molar-refractivity contribution < 1.29 is 33.2 Å². The number of piperidine rings is 2. The number of halogens is 2. The molecule has 2 N–H and O–H groups in total. The molecule has 4 aliphatic heterocycles. The number of ether oxygens (including phenoxy) is 3. The number of pyridine rings is 1. The Kier molecular flexibility index (Phi) is 8.83. The highest BCUT2D eigenvalue weighted by atomic mass is 19.1. The van der Waals surface area contributed by atoms with Gasteiger partial charge < -0.3 is 29.3 Å². The standard InChI is InChI=1S/C42H47F2N5O5/c1-4-29-31(43)12-9-24-18-26(50)21-30(33(24)29)36-35(44)37-34(39(45-36)52-3)38(48-16-6-13-41(2,51)22-48)47-40(46-37)53-23-42-14-5-8-32(42)49(17-7-15-42)25-19-27-10-11-28(20-25)54-27/h1,9,12,18,21,25,27-28,32,50-51H,5-8,10-11,13-17,19-20,22-23H2,2-3H3/t25?,27?,28?,32-,41-,42-/m1/s1. The average Bonchev–Trinajstić information content (AvgIpc) is 3.75. The van der Waals surface area contributed by atoms with Gasteiger partial charge in [0.15, 0.2) is 5.82 Å². The summed E-state index contributed by atoms with van der Waals surface area (Å²) in [7, 11) is 1.43. The van der Waals surface area contributed by atoms with Crippen molar-refractivity contribution >= 4 is 27.5 Å². The monoisotopic (exact) mass is 739 g/mol. The van der Waals surface area contributed by atoms with Crippen molar-refractivity contribution in [3.05, 3.63) is 41.5 Å². The first-order valence-electron chi connectivity index (χ1n) is 19.5. The number of likely N-dealkylation sites (tertiary alicyclic amines) is 1. The van der Waals surface area contributed by atoms with E-state index in [0.29, 0.717) is 61.5 Å². The van der Waals surface area contributed by atoms with Crippen LogP contribution in [0.3, 0.4) is 0 Å². The van der Waals surface area contributed by atoms with E-state index in [1.54, 1.807) is 6.92 Å². The molecule has 12 heteroatoms. The molecule has 0 radical (unpaired) electrons. The molecule has 5 aliphatic rings. The maximum absolute atomic E-state index is 17.3. The van der Waals surface area contributed by atoms with Gasteiger partial charge in [-0.05, 0) is 101 Å². The number of aromatic nitrogens is 3. The van der Waals surface area contributed by atoms with Gasteiger partial charge in [0.2, 0.25) is 5.88 Å². The van der Waals surface area contributed by atoms with Crippen LogP contribution < -0.4 is 14.4 Å². The number of aromatic hydroxyl groups is 1. The van der Waals surface area contributed by atoms with Gasteiger partial charge in [-0.2, -0.15) is 9.97 Å². The zero-order chi connectivity index (χ0) is 37.4. The van der Waals surface area contributed by atoms with Crippen LogP contribution in [0.15, 0.2) is 24.3 Å². The van der Waals surface area contributed by atoms with Crippen LogP contribution in [-0.4, -0.2) is 93.3 Å². The van der Waals surface area contributed by atoms with Crippen LogP contribution in [0.1, 0.15) is 83.1 Å². The third kappa shape index (κ3) is 5.99. The summed E-state index contributed by atoms with van der Waals surface area (Å²) in [6, 6.07) is 6.38. The number of aliphatic hydroxyl groups is 1. The van der Waals surface area contributed by atoms with E-state index in [0.717, 1.165) is 64.3 Å². The first-order valence-corrected chi connectivity index (χ1v) is 19.5. The summed E-state index contributed by atoms with van der Waals surface area (Å²) in [5, 5.41) is 22.7. The third-order valence-corrected chi connectivity index (χ3v) is 12.9. The second-order valence-electron chi connectivity index (χ2n) is 16.5. The van der Waals surface area contributed by atoms with Crippen molar-refractivity contribution in [2.24, 2.45) is 5.41 Å². The second-order valence-corrected chi connectivity index (χ2v) is 16.5. The normalized spacial score (nSPS) is 29.7. The van der Waals surface area contributed by atoms with E-state index in [4.69, 9.17) is 30.6 Å². The van der Waals surface area contributed by atoms with Crippen LogP contribution in [0.2, 0.25) is 0 Å². The number of terminal acetylenes is 1. The summed E-state index contributed by atoms with van der Waals surface area (Å²) in [5.41, 5.74) is -1.39. The van der Waals surface area contributed by atoms with Crippen LogP contribution in [0, 0.1) is 29.4 Å². The quantitative estimate of drug-likeness (QED) is 0.194. The van der Waals surface area contributed by atoms with E-state index in [-0.39, 0.29) is 62.7 Å².